The van der Waals surface area contributed by atoms with E-state index < -0.39 is 40.8 Å². The van der Waals surface area contributed by atoms with Gasteiger partial charge in [-0.1, -0.05) is 54.6 Å². The highest BCUT2D eigenvalue weighted by Gasteiger charge is 2.66. The van der Waals surface area contributed by atoms with Crippen LogP contribution in [0.15, 0.2) is 99.2 Å². The van der Waals surface area contributed by atoms with Crippen molar-refractivity contribution in [3.63, 3.8) is 0 Å². The SMILES string of the molecule is COc1ccc(C(OC[C@@]23CN(c4noc(C)n4)[C@@H]([C@H](n4cc(C)c(=O)[nH]c4=O)O2)[C@@H]3O)(c2ccccc2)c2ccc(OC)cc2)cc1. The number of rotatable bonds is 10. The molecule has 2 fully saturated rings. The second-order valence-corrected chi connectivity index (χ2v) is 12.0. The van der Waals surface area contributed by atoms with Crippen LogP contribution in [0.1, 0.15) is 34.4 Å². The van der Waals surface area contributed by atoms with Gasteiger partial charge in [0.25, 0.3) is 11.5 Å². The number of ether oxygens (including phenoxy) is 4. The zero-order valence-electron chi connectivity index (χ0n) is 26.8. The number of H-pyrrole nitrogens is 1. The minimum absolute atomic E-state index is 0.126. The number of hydrogen-bond donors (Lipinski definition) is 2. The van der Waals surface area contributed by atoms with E-state index in [9.17, 15) is 14.7 Å². The van der Waals surface area contributed by atoms with Crippen molar-refractivity contribution < 1.29 is 28.6 Å². The molecule has 4 heterocycles. The summed E-state index contributed by atoms with van der Waals surface area (Å²) < 4.78 is 31.3. The van der Waals surface area contributed by atoms with Crippen LogP contribution in [0.4, 0.5) is 5.95 Å². The molecule has 0 unspecified atom stereocenters. The van der Waals surface area contributed by atoms with Gasteiger partial charge in [0.1, 0.15) is 34.8 Å². The standard InChI is InChI=1S/C35H35N5O8/c1-21-18-39(33(43)37-30(21)42)31-28-29(41)34(47-31,19-40(28)32-36-22(2)48-38-32)20-46-35(23-8-6-5-7-9-23,24-10-14-26(44-3)15-11-24)25-12-16-27(45-4)17-13-25/h5-18,28-29,31,41H,19-20H2,1-4H3,(H,37,42,43)/t28-,29+,31-,34-/m1/s1. The van der Waals surface area contributed by atoms with Crippen LogP contribution in [0.2, 0.25) is 0 Å². The Morgan fingerprint density at radius 1 is 0.938 bits per heavy atom. The summed E-state index contributed by atoms with van der Waals surface area (Å²) >= 11 is 0. The summed E-state index contributed by atoms with van der Waals surface area (Å²) in [5, 5.41) is 16.2. The van der Waals surface area contributed by atoms with Gasteiger partial charge >= 0.3 is 5.69 Å². The van der Waals surface area contributed by atoms with E-state index in [-0.39, 0.29) is 19.1 Å². The number of fused-ring (bicyclic) bond motifs is 2. The summed E-state index contributed by atoms with van der Waals surface area (Å²) in [5.74, 6) is 1.93. The second kappa shape index (κ2) is 12.1. The minimum Gasteiger partial charge on any atom is -0.497 e. The van der Waals surface area contributed by atoms with Gasteiger partial charge in [0, 0.05) is 18.7 Å². The number of nitrogens with zero attached hydrogens (tertiary/aromatic N) is 4. The van der Waals surface area contributed by atoms with Crippen LogP contribution in [0.3, 0.4) is 0 Å². The molecule has 2 bridgehead atoms. The Morgan fingerprint density at radius 2 is 1.54 bits per heavy atom. The maximum atomic E-state index is 13.1. The number of hydrogen-bond acceptors (Lipinski definition) is 11. The zero-order chi connectivity index (χ0) is 33.6. The van der Waals surface area contributed by atoms with E-state index in [1.807, 2.05) is 78.9 Å². The molecule has 2 aromatic heterocycles. The monoisotopic (exact) mass is 653 g/mol. The Balaban J connectivity index is 1.36. The number of nitrogens with one attached hydrogen (secondary N) is 1. The third-order valence-corrected chi connectivity index (χ3v) is 9.21. The number of aromatic amines is 1. The highest BCUT2D eigenvalue weighted by molar-refractivity contribution is 5.50. The zero-order valence-corrected chi connectivity index (χ0v) is 26.8. The van der Waals surface area contributed by atoms with E-state index in [0.29, 0.717) is 23.0 Å². The van der Waals surface area contributed by atoms with Crippen LogP contribution in [-0.4, -0.2) is 69.9 Å². The van der Waals surface area contributed by atoms with Gasteiger partial charge in [0.05, 0.1) is 27.4 Å². The summed E-state index contributed by atoms with van der Waals surface area (Å²) in [6, 6.07) is 24.2. The highest BCUT2D eigenvalue weighted by atomic mass is 16.6. The first-order valence-corrected chi connectivity index (χ1v) is 15.4. The summed E-state index contributed by atoms with van der Waals surface area (Å²) in [6.45, 7) is 3.26. The van der Waals surface area contributed by atoms with Crippen molar-refractivity contribution in [1.29, 1.82) is 0 Å². The Morgan fingerprint density at radius 3 is 2.10 bits per heavy atom. The molecule has 5 aromatic rings. The summed E-state index contributed by atoms with van der Waals surface area (Å²) in [7, 11) is 3.22. The maximum absolute atomic E-state index is 13.1. The Kier molecular flexibility index (Phi) is 7.90. The lowest BCUT2D eigenvalue weighted by Crippen LogP contribution is -2.52. The minimum atomic E-state index is -1.37. The van der Waals surface area contributed by atoms with Gasteiger partial charge < -0.3 is 33.5 Å². The van der Waals surface area contributed by atoms with Crippen molar-refractivity contribution in [2.75, 3.05) is 32.3 Å². The Labute approximate surface area is 275 Å². The lowest BCUT2D eigenvalue weighted by Gasteiger charge is -2.41. The van der Waals surface area contributed by atoms with Crippen molar-refractivity contribution >= 4 is 5.95 Å². The Hall–Kier alpha value is -5.24. The number of benzene rings is 3. The predicted molar refractivity (Wildman–Crippen MR) is 173 cm³/mol. The van der Waals surface area contributed by atoms with Crippen LogP contribution in [0.5, 0.6) is 11.5 Å². The van der Waals surface area contributed by atoms with Crippen molar-refractivity contribution in [3.05, 3.63) is 134 Å². The number of aliphatic hydroxyl groups is 1. The molecule has 0 amide bonds. The molecule has 13 heteroatoms. The fourth-order valence-electron chi connectivity index (χ4n) is 6.77. The van der Waals surface area contributed by atoms with Crippen LogP contribution >= 0.6 is 0 Å². The fraction of sp³-hybridized carbons (Fsp3) is 0.314. The van der Waals surface area contributed by atoms with E-state index in [0.717, 1.165) is 16.7 Å². The van der Waals surface area contributed by atoms with Gasteiger partial charge in [-0.2, -0.15) is 4.98 Å². The molecule has 0 saturated carbocycles. The van der Waals surface area contributed by atoms with Gasteiger partial charge in [-0.3, -0.25) is 14.3 Å². The Bertz CT molecular complexity index is 1980. The van der Waals surface area contributed by atoms with Gasteiger partial charge in [-0.25, -0.2) is 4.79 Å². The van der Waals surface area contributed by atoms with E-state index >= 15 is 0 Å². The van der Waals surface area contributed by atoms with Crippen LogP contribution < -0.4 is 25.6 Å². The van der Waals surface area contributed by atoms with Crippen LogP contribution in [0, 0.1) is 13.8 Å². The van der Waals surface area contributed by atoms with Crippen molar-refractivity contribution in [2.24, 2.45) is 0 Å². The normalized spacial score (nSPS) is 21.9. The smallest absolute Gasteiger partial charge is 0.330 e. The number of aliphatic hydroxyl groups excluding tert-OH is 1. The van der Waals surface area contributed by atoms with Crippen LogP contribution in [0.25, 0.3) is 0 Å². The molecule has 0 radical (unpaired) electrons. The predicted octanol–water partition coefficient (Wildman–Crippen LogP) is 3.08. The highest BCUT2D eigenvalue weighted by Crippen LogP contribution is 2.50. The number of morpholine rings is 1. The van der Waals surface area contributed by atoms with E-state index in [2.05, 4.69) is 15.1 Å². The summed E-state index contributed by atoms with van der Waals surface area (Å²) in [6.07, 6.45) is -0.760. The molecule has 3 aromatic carbocycles. The average Bonchev–Trinajstić information content (AvgIpc) is 3.76. The third kappa shape index (κ3) is 5.07. The summed E-state index contributed by atoms with van der Waals surface area (Å²) in [4.78, 5) is 33.9. The molecule has 13 nitrogen and oxygen atoms in total. The molecular formula is C35H35N5O8. The molecule has 2 N–H and O–H groups in total. The number of aryl methyl sites for hydroxylation is 2. The largest absolute Gasteiger partial charge is 0.497 e. The average molecular weight is 654 g/mol. The molecule has 2 saturated heterocycles. The van der Waals surface area contributed by atoms with Gasteiger partial charge in [-0.05, 0) is 53.0 Å². The number of aromatic nitrogens is 4. The van der Waals surface area contributed by atoms with Crippen molar-refractivity contribution in [3.8, 4) is 11.5 Å². The first-order valence-electron chi connectivity index (χ1n) is 15.4. The van der Waals surface area contributed by atoms with Gasteiger partial charge in [-0.15, -0.1) is 0 Å². The first kappa shape index (κ1) is 31.4. The number of anilines is 1. The topological polar surface area (TPSA) is 154 Å². The molecule has 4 atom stereocenters. The maximum Gasteiger partial charge on any atom is 0.330 e. The summed E-state index contributed by atoms with van der Waals surface area (Å²) in [5.41, 5.74) is -1.01. The molecule has 0 spiro atoms. The van der Waals surface area contributed by atoms with Gasteiger partial charge in [0.15, 0.2) is 6.23 Å². The quantitative estimate of drug-likeness (QED) is 0.214. The molecule has 7 rings (SSSR count). The van der Waals surface area contributed by atoms with Crippen LogP contribution in [-0.2, 0) is 15.1 Å². The number of methoxy groups -OCH3 is 2. The van der Waals surface area contributed by atoms with Crippen molar-refractivity contribution in [1.82, 2.24) is 19.7 Å². The fourth-order valence-corrected chi connectivity index (χ4v) is 6.77. The van der Waals surface area contributed by atoms with E-state index in [4.69, 9.17) is 23.5 Å². The molecule has 2 aliphatic rings. The molecule has 2 aliphatic heterocycles. The molecule has 48 heavy (non-hydrogen) atoms. The second-order valence-electron chi connectivity index (χ2n) is 12.0. The van der Waals surface area contributed by atoms with Gasteiger partial charge in [0.2, 0.25) is 5.89 Å². The molecular weight excluding hydrogens is 618 g/mol. The molecule has 248 valence electrons. The molecule has 0 aliphatic carbocycles. The lowest BCUT2D eigenvalue weighted by atomic mass is 9.79. The van der Waals surface area contributed by atoms with E-state index in [1.165, 1.54) is 10.8 Å². The first-order chi connectivity index (χ1) is 23.2. The van der Waals surface area contributed by atoms with Crippen molar-refractivity contribution in [2.45, 2.75) is 43.4 Å². The third-order valence-electron chi connectivity index (χ3n) is 9.21. The lowest BCUT2D eigenvalue weighted by molar-refractivity contribution is -0.159. The van der Waals surface area contributed by atoms with E-state index in [1.54, 1.807) is 33.0 Å².